The Balaban J connectivity index is 2.76. The molecular weight excluding hydrogens is 411 g/mol. The predicted octanol–water partition coefficient (Wildman–Crippen LogP) is 5.35. The van der Waals surface area contributed by atoms with Gasteiger partial charge in [-0.3, -0.25) is 0 Å². The molecule has 126 valence electrons. The molecule has 1 aromatic carbocycles. The number of aromatic amines is 1. The molecule has 0 amide bonds. The Labute approximate surface area is 129 Å². The van der Waals surface area contributed by atoms with Crippen molar-refractivity contribution in [3.63, 3.8) is 0 Å². The van der Waals surface area contributed by atoms with E-state index in [0.29, 0.717) is 0 Å². The van der Waals surface area contributed by atoms with Gasteiger partial charge in [0.1, 0.15) is 10.4 Å². The van der Waals surface area contributed by atoms with Gasteiger partial charge >= 0.3 is 6.18 Å². The number of hydrogen-bond donors (Lipinski definition) is 1. The molecule has 0 atom stereocenters. The third-order valence-corrected chi connectivity index (χ3v) is 3.27. The Morgan fingerprint density at radius 1 is 0.913 bits per heavy atom. The van der Waals surface area contributed by atoms with E-state index in [4.69, 9.17) is 0 Å². The topological polar surface area (TPSA) is 28.7 Å². The zero-order chi connectivity index (χ0) is 17.7. The summed E-state index contributed by atoms with van der Waals surface area (Å²) in [4.78, 5) is 4.50. The van der Waals surface area contributed by atoms with Crippen LogP contribution in [0.5, 0.6) is 0 Å². The van der Waals surface area contributed by atoms with Gasteiger partial charge in [0.05, 0.1) is 11.1 Å². The number of H-pyrrole nitrogens is 1. The highest BCUT2D eigenvalue weighted by atomic mass is 79.9. The Morgan fingerprint density at radius 2 is 1.39 bits per heavy atom. The minimum absolute atomic E-state index is 0.933. The SMILES string of the molecule is Fc1c(F)c(C(F)F)c(F)c(F)c1-c1nc(Br)c(C(F)(F)F)[nH]1. The molecule has 23 heavy (non-hydrogen) atoms. The first-order valence-corrected chi connectivity index (χ1v) is 6.23. The first-order chi connectivity index (χ1) is 10.5. The number of benzene rings is 1. The Morgan fingerprint density at radius 3 is 1.74 bits per heavy atom. The van der Waals surface area contributed by atoms with E-state index in [0.717, 1.165) is 0 Å². The molecule has 0 bridgehead atoms. The molecule has 0 aliphatic heterocycles. The van der Waals surface area contributed by atoms with Crippen LogP contribution in [0.4, 0.5) is 39.5 Å². The van der Waals surface area contributed by atoms with Gasteiger partial charge in [0.2, 0.25) is 0 Å². The smallest absolute Gasteiger partial charge is 0.333 e. The molecule has 1 N–H and O–H groups in total. The molecular formula is C11H2BrF9N2. The van der Waals surface area contributed by atoms with Crippen molar-refractivity contribution in [2.45, 2.75) is 12.6 Å². The number of hydrogen-bond acceptors (Lipinski definition) is 1. The molecule has 0 unspecified atom stereocenters. The first kappa shape index (κ1) is 17.6. The lowest BCUT2D eigenvalue weighted by atomic mass is 10.1. The number of imidazole rings is 1. The summed E-state index contributed by atoms with van der Waals surface area (Å²) < 4.78 is 116. The van der Waals surface area contributed by atoms with E-state index in [1.807, 2.05) is 0 Å². The van der Waals surface area contributed by atoms with Crippen molar-refractivity contribution in [3.8, 4) is 11.4 Å². The largest absolute Gasteiger partial charge is 0.433 e. The zero-order valence-electron chi connectivity index (χ0n) is 10.3. The maximum Gasteiger partial charge on any atom is 0.433 e. The van der Waals surface area contributed by atoms with Crippen LogP contribution < -0.4 is 0 Å². The van der Waals surface area contributed by atoms with Crippen molar-refractivity contribution in [1.82, 2.24) is 9.97 Å². The van der Waals surface area contributed by atoms with Gasteiger partial charge in [-0.15, -0.1) is 0 Å². The molecule has 0 fully saturated rings. The summed E-state index contributed by atoms with van der Waals surface area (Å²) in [6.45, 7) is 0. The maximum absolute atomic E-state index is 13.7. The van der Waals surface area contributed by atoms with Gasteiger partial charge < -0.3 is 4.98 Å². The molecule has 2 rings (SSSR count). The summed E-state index contributed by atoms with van der Waals surface area (Å²) in [5, 5.41) is 0. The van der Waals surface area contributed by atoms with E-state index in [-0.39, 0.29) is 0 Å². The van der Waals surface area contributed by atoms with Gasteiger partial charge in [-0.2, -0.15) is 13.2 Å². The molecule has 0 aliphatic rings. The van der Waals surface area contributed by atoms with Crippen molar-refractivity contribution < 1.29 is 39.5 Å². The van der Waals surface area contributed by atoms with Crippen molar-refractivity contribution in [3.05, 3.63) is 39.1 Å². The van der Waals surface area contributed by atoms with Crippen LogP contribution in [0.1, 0.15) is 17.7 Å². The van der Waals surface area contributed by atoms with Crippen molar-refractivity contribution in [2.24, 2.45) is 0 Å². The Kier molecular flexibility index (Phi) is 4.39. The number of alkyl halides is 5. The summed E-state index contributed by atoms with van der Waals surface area (Å²) in [7, 11) is 0. The average Bonchev–Trinajstić information content (AvgIpc) is 2.78. The zero-order valence-corrected chi connectivity index (χ0v) is 11.9. The number of halogens is 10. The van der Waals surface area contributed by atoms with Crippen LogP contribution in [0.15, 0.2) is 4.60 Å². The summed E-state index contributed by atoms with van der Waals surface area (Å²) in [5.74, 6) is -10.7. The lowest BCUT2D eigenvalue weighted by molar-refractivity contribution is -0.141. The standard InChI is InChI=1S/C11H2BrF9N2/c12-8-7(11(19,20)21)22-10(23-8)2-5(15)3(13)1(9(17)18)4(14)6(2)16/h9H,(H,22,23). The van der Waals surface area contributed by atoms with Gasteiger partial charge in [0.15, 0.2) is 29.0 Å². The van der Waals surface area contributed by atoms with E-state index < -0.39 is 63.1 Å². The quantitative estimate of drug-likeness (QED) is 0.522. The van der Waals surface area contributed by atoms with Crippen LogP contribution in [0.25, 0.3) is 11.4 Å². The second kappa shape index (κ2) is 5.73. The van der Waals surface area contributed by atoms with E-state index in [1.165, 1.54) is 4.98 Å². The fraction of sp³-hybridized carbons (Fsp3) is 0.182. The first-order valence-electron chi connectivity index (χ1n) is 5.43. The monoisotopic (exact) mass is 412 g/mol. The molecule has 2 aromatic rings. The van der Waals surface area contributed by atoms with Crippen LogP contribution in [-0.4, -0.2) is 9.97 Å². The van der Waals surface area contributed by atoms with Gasteiger partial charge in [0, 0.05) is 0 Å². The Bertz CT molecular complexity index is 737. The summed E-state index contributed by atoms with van der Waals surface area (Å²) >= 11 is 2.36. The van der Waals surface area contributed by atoms with Gasteiger partial charge in [0.25, 0.3) is 6.43 Å². The summed E-state index contributed by atoms with van der Waals surface area (Å²) in [5.41, 5.74) is -5.41. The molecule has 0 radical (unpaired) electrons. The second-order valence-electron chi connectivity index (χ2n) is 4.09. The molecule has 1 aromatic heterocycles. The van der Waals surface area contributed by atoms with Crippen molar-refractivity contribution in [1.29, 1.82) is 0 Å². The molecule has 0 aliphatic carbocycles. The van der Waals surface area contributed by atoms with Crippen molar-refractivity contribution in [2.75, 3.05) is 0 Å². The van der Waals surface area contributed by atoms with Crippen LogP contribution in [-0.2, 0) is 6.18 Å². The third kappa shape index (κ3) is 2.91. The minimum atomic E-state index is -5.02. The van der Waals surface area contributed by atoms with Gasteiger partial charge in [-0.05, 0) is 15.9 Å². The van der Waals surface area contributed by atoms with Crippen molar-refractivity contribution >= 4 is 15.9 Å². The Hall–Kier alpha value is -1.72. The van der Waals surface area contributed by atoms with Gasteiger partial charge in [-0.25, -0.2) is 31.3 Å². The number of nitrogens with zero attached hydrogens (tertiary/aromatic N) is 1. The van der Waals surface area contributed by atoms with Gasteiger partial charge in [-0.1, -0.05) is 0 Å². The van der Waals surface area contributed by atoms with Crippen LogP contribution in [0, 0.1) is 23.3 Å². The fourth-order valence-corrected chi connectivity index (χ4v) is 2.21. The third-order valence-electron chi connectivity index (χ3n) is 2.70. The highest BCUT2D eigenvalue weighted by molar-refractivity contribution is 9.10. The van der Waals surface area contributed by atoms with Crippen LogP contribution in [0.3, 0.4) is 0 Å². The minimum Gasteiger partial charge on any atom is -0.333 e. The number of rotatable bonds is 2. The van der Waals surface area contributed by atoms with Crippen LogP contribution >= 0.6 is 15.9 Å². The predicted molar refractivity (Wildman–Crippen MR) is 61.5 cm³/mol. The number of nitrogens with one attached hydrogen (secondary N) is 1. The molecule has 0 saturated carbocycles. The van der Waals surface area contributed by atoms with E-state index in [1.54, 1.807) is 0 Å². The second-order valence-corrected chi connectivity index (χ2v) is 4.85. The highest BCUT2D eigenvalue weighted by Gasteiger charge is 2.38. The van der Waals surface area contributed by atoms with E-state index in [9.17, 15) is 39.5 Å². The molecule has 1 heterocycles. The highest BCUT2D eigenvalue weighted by Crippen LogP contribution is 2.38. The lowest BCUT2D eigenvalue weighted by Crippen LogP contribution is -2.08. The summed E-state index contributed by atoms with van der Waals surface area (Å²) in [6.07, 6.45) is -8.89. The molecule has 0 saturated heterocycles. The summed E-state index contributed by atoms with van der Waals surface area (Å²) in [6, 6.07) is 0. The average molecular weight is 413 g/mol. The normalized spacial score (nSPS) is 12.3. The van der Waals surface area contributed by atoms with Crippen LogP contribution in [0.2, 0.25) is 0 Å². The van der Waals surface area contributed by atoms with E-state index in [2.05, 4.69) is 20.9 Å². The van der Waals surface area contributed by atoms with E-state index >= 15 is 0 Å². The maximum atomic E-state index is 13.7. The molecule has 2 nitrogen and oxygen atoms in total. The number of aromatic nitrogens is 2. The lowest BCUT2D eigenvalue weighted by Gasteiger charge is -2.10. The molecule has 12 heteroatoms. The molecule has 0 spiro atoms. The fourth-order valence-electron chi connectivity index (χ4n) is 1.71.